The number of nitrogens with zero attached hydrogens (tertiary/aromatic N) is 3. The molecule has 1 aromatic carbocycles. The Morgan fingerprint density at radius 3 is 2.89 bits per heavy atom. The molecule has 0 unspecified atom stereocenters. The van der Waals surface area contributed by atoms with Gasteiger partial charge in [0.05, 0.1) is 23.1 Å². The first-order valence-corrected chi connectivity index (χ1v) is 6.12. The third kappa shape index (κ3) is 1.24. The fraction of sp³-hybridized carbons (Fsp3) is 0.143. The number of carboxylic acid groups (broad SMARTS) is 1. The van der Waals surface area contributed by atoms with Gasteiger partial charge in [-0.1, -0.05) is 18.2 Å². The molecule has 0 saturated carbocycles. The van der Waals surface area contributed by atoms with Crippen molar-refractivity contribution in [2.45, 2.75) is 12.5 Å². The third-order valence-corrected chi connectivity index (χ3v) is 3.70. The summed E-state index contributed by atoms with van der Waals surface area (Å²) in [5.41, 5.74) is 2.97. The van der Waals surface area contributed by atoms with Crippen LogP contribution in [0.3, 0.4) is 0 Å². The van der Waals surface area contributed by atoms with E-state index in [9.17, 15) is 9.90 Å². The zero-order chi connectivity index (χ0) is 13.0. The maximum atomic E-state index is 11.3. The Morgan fingerprint density at radius 2 is 2.11 bits per heavy atom. The number of benzene rings is 1. The molecule has 5 nitrogen and oxygen atoms in total. The Bertz CT molecular complexity index is 717. The quantitative estimate of drug-likeness (QED) is 0.847. The van der Waals surface area contributed by atoms with Crippen LogP contribution < -0.4 is 4.90 Å². The van der Waals surface area contributed by atoms with Crippen LogP contribution >= 0.6 is 0 Å². The second-order valence-electron chi connectivity index (χ2n) is 4.69. The summed E-state index contributed by atoms with van der Waals surface area (Å²) >= 11 is 0. The molecule has 5 heteroatoms. The number of fused-ring (bicyclic) bond motifs is 6. The van der Waals surface area contributed by atoms with Gasteiger partial charge in [0.1, 0.15) is 6.33 Å². The third-order valence-electron chi connectivity index (χ3n) is 3.70. The lowest BCUT2D eigenvalue weighted by Gasteiger charge is -2.33. The number of anilines is 1. The zero-order valence-corrected chi connectivity index (χ0v) is 10.0. The number of para-hydroxylation sites is 2. The molecule has 2 aromatic rings. The molecule has 0 saturated heterocycles. The van der Waals surface area contributed by atoms with Crippen molar-refractivity contribution >= 4 is 11.7 Å². The summed E-state index contributed by atoms with van der Waals surface area (Å²) < 4.78 is 1.90. The number of aromatic nitrogens is 2. The number of rotatable bonds is 1. The highest BCUT2D eigenvalue weighted by Crippen LogP contribution is 2.44. The average Bonchev–Trinajstić information content (AvgIpc) is 3.05. The molecule has 94 valence electrons. The molecule has 1 aromatic heterocycles. The van der Waals surface area contributed by atoms with Gasteiger partial charge in [-0.2, -0.15) is 0 Å². The van der Waals surface area contributed by atoms with Crippen LogP contribution in [0, 0.1) is 0 Å². The number of hydrogen-bond acceptors (Lipinski definition) is 3. The van der Waals surface area contributed by atoms with Gasteiger partial charge < -0.3 is 10.0 Å². The van der Waals surface area contributed by atoms with Crippen LogP contribution in [0.4, 0.5) is 5.69 Å². The summed E-state index contributed by atoms with van der Waals surface area (Å²) in [7, 11) is 0. The lowest BCUT2D eigenvalue weighted by atomic mass is 10.0. The second kappa shape index (κ2) is 3.47. The molecule has 1 atom stereocenters. The minimum absolute atomic E-state index is 0.0310. The summed E-state index contributed by atoms with van der Waals surface area (Å²) in [4.78, 5) is 17.5. The van der Waals surface area contributed by atoms with Gasteiger partial charge in [-0.3, -0.25) is 4.57 Å². The highest BCUT2D eigenvalue weighted by molar-refractivity contribution is 5.88. The van der Waals surface area contributed by atoms with Crippen LogP contribution in [0.25, 0.3) is 5.69 Å². The molecule has 4 rings (SSSR count). The van der Waals surface area contributed by atoms with Crippen molar-refractivity contribution in [3.05, 3.63) is 54.3 Å². The van der Waals surface area contributed by atoms with E-state index in [1.165, 1.54) is 0 Å². The molecule has 2 aliphatic heterocycles. The molecule has 0 spiro atoms. The largest absolute Gasteiger partial charge is 0.476 e. The van der Waals surface area contributed by atoms with Crippen molar-refractivity contribution in [1.29, 1.82) is 0 Å². The number of aromatic carboxylic acids is 1. The molecular weight excluding hydrogens is 242 g/mol. The van der Waals surface area contributed by atoms with Crippen LogP contribution in [0.5, 0.6) is 0 Å². The first kappa shape index (κ1) is 10.4. The van der Waals surface area contributed by atoms with Crippen molar-refractivity contribution in [2.75, 3.05) is 4.90 Å². The van der Waals surface area contributed by atoms with E-state index in [2.05, 4.69) is 16.0 Å². The lowest BCUT2D eigenvalue weighted by molar-refractivity contribution is 0.0689. The Kier molecular flexibility index (Phi) is 1.90. The summed E-state index contributed by atoms with van der Waals surface area (Å²) in [5, 5.41) is 9.28. The van der Waals surface area contributed by atoms with Gasteiger partial charge in [0.15, 0.2) is 5.69 Å². The first-order valence-electron chi connectivity index (χ1n) is 6.12. The molecule has 0 amide bonds. The Hall–Kier alpha value is -2.56. The van der Waals surface area contributed by atoms with Gasteiger partial charge in [0.2, 0.25) is 0 Å². The SMILES string of the molecule is O=C(O)c1ncn2c1[C@@H]1CC=CN1c1ccccc1-2. The van der Waals surface area contributed by atoms with Gasteiger partial charge in [-0.05, 0) is 18.6 Å². The maximum absolute atomic E-state index is 11.3. The van der Waals surface area contributed by atoms with E-state index in [0.29, 0.717) is 0 Å². The van der Waals surface area contributed by atoms with Crippen LogP contribution in [-0.2, 0) is 0 Å². The van der Waals surface area contributed by atoms with Gasteiger partial charge in [0.25, 0.3) is 0 Å². The van der Waals surface area contributed by atoms with E-state index in [1.54, 1.807) is 6.33 Å². The van der Waals surface area contributed by atoms with Gasteiger partial charge >= 0.3 is 5.97 Å². The van der Waals surface area contributed by atoms with Crippen molar-refractivity contribution < 1.29 is 9.90 Å². The Labute approximate surface area is 109 Å². The molecule has 0 aliphatic carbocycles. The van der Waals surface area contributed by atoms with E-state index >= 15 is 0 Å². The topological polar surface area (TPSA) is 58.4 Å². The highest BCUT2D eigenvalue weighted by Gasteiger charge is 2.36. The summed E-state index contributed by atoms with van der Waals surface area (Å²) in [6.45, 7) is 0. The molecule has 0 fully saturated rings. The molecule has 2 aliphatic rings. The monoisotopic (exact) mass is 253 g/mol. The van der Waals surface area contributed by atoms with Crippen molar-refractivity contribution in [1.82, 2.24) is 9.55 Å². The average molecular weight is 253 g/mol. The van der Waals surface area contributed by atoms with Crippen molar-refractivity contribution in [2.24, 2.45) is 0 Å². The normalized spacial score (nSPS) is 18.9. The fourth-order valence-corrected chi connectivity index (χ4v) is 2.93. The van der Waals surface area contributed by atoms with Crippen LogP contribution in [0.2, 0.25) is 0 Å². The number of imidazole rings is 1. The number of carbonyl (C=O) groups is 1. The van der Waals surface area contributed by atoms with Crippen LogP contribution in [-0.4, -0.2) is 20.6 Å². The second-order valence-corrected chi connectivity index (χ2v) is 4.69. The lowest BCUT2D eigenvalue weighted by Crippen LogP contribution is -2.28. The van der Waals surface area contributed by atoms with Crippen LogP contribution in [0.15, 0.2) is 42.9 Å². The van der Waals surface area contributed by atoms with Gasteiger partial charge in [0, 0.05) is 6.20 Å². The van der Waals surface area contributed by atoms with E-state index in [4.69, 9.17) is 0 Å². The van der Waals surface area contributed by atoms with E-state index in [1.807, 2.05) is 35.0 Å². The summed E-state index contributed by atoms with van der Waals surface area (Å²) in [6.07, 6.45) is 6.49. The summed E-state index contributed by atoms with van der Waals surface area (Å²) in [6, 6.07) is 7.99. The smallest absolute Gasteiger partial charge is 0.356 e. The molecule has 0 bridgehead atoms. The first-order chi connectivity index (χ1) is 9.27. The van der Waals surface area contributed by atoms with Crippen LogP contribution in [0.1, 0.15) is 28.6 Å². The number of carboxylic acids is 1. The van der Waals surface area contributed by atoms with E-state index in [0.717, 1.165) is 23.5 Å². The Balaban J connectivity index is 2.04. The predicted octanol–water partition coefficient (Wildman–Crippen LogP) is 2.35. The molecular formula is C14H11N3O2. The maximum Gasteiger partial charge on any atom is 0.356 e. The van der Waals surface area contributed by atoms with Gasteiger partial charge in [-0.15, -0.1) is 0 Å². The standard InChI is InChI=1S/C14H11N3O2/c18-14(19)12-13-11-6-3-7-16(11)9-4-1-2-5-10(9)17(13)8-15-12/h1-5,7-8,11H,6H2,(H,18,19)/t11-/m0/s1. The zero-order valence-electron chi connectivity index (χ0n) is 10.0. The minimum Gasteiger partial charge on any atom is -0.476 e. The highest BCUT2D eigenvalue weighted by atomic mass is 16.4. The predicted molar refractivity (Wildman–Crippen MR) is 69.5 cm³/mol. The van der Waals surface area contributed by atoms with E-state index in [-0.39, 0.29) is 11.7 Å². The molecule has 1 N–H and O–H groups in total. The Morgan fingerprint density at radius 1 is 1.32 bits per heavy atom. The fourth-order valence-electron chi connectivity index (χ4n) is 2.93. The van der Waals surface area contributed by atoms with Crippen molar-refractivity contribution in [3.8, 4) is 5.69 Å². The minimum atomic E-state index is -0.972. The van der Waals surface area contributed by atoms with E-state index < -0.39 is 5.97 Å². The molecule has 0 radical (unpaired) electrons. The molecule has 3 heterocycles. The number of hydrogen-bond donors (Lipinski definition) is 1. The molecule has 19 heavy (non-hydrogen) atoms. The van der Waals surface area contributed by atoms with Crippen molar-refractivity contribution in [3.63, 3.8) is 0 Å². The van der Waals surface area contributed by atoms with Gasteiger partial charge in [-0.25, -0.2) is 9.78 Å². The summed E-state index contributed by atoms with van der Waals surface area (Å²) in [5.74, 6) is -0.972.